The maximum absolute atomic E-state index is 7.37. The van der Waals surface area contributed by atoms with E-state index in [1.54, 1.807) is 0 Å². The minimum atomic E-state index is 0.150. The van der Waals surface area contributed by atoms with Crippen LogP contribution in [0.25, 0.3) is 0 Å². The molecule has 1 aliphatic carbocycles. The molecule has 0 aliphatic heterocycles. The smallest absolute Gasteiger partial charge is 0.233 e. The molecule has 0 saturated carbocycles. The number of unbranched alkanes of at least 4 members (excludes halogenated alkanes) is 38. The number of nitrogen functional groups attached to an aromatic ring is 2. The zero-order valence-electron chi connectivity index (χ0n) is 67.4. The average molecular weight is 1460 g/mol. The number of nitrogens with two attached hydrogens (primary N) is 2. The third-order valence-electron chi connectivity index (χ3n) is 20.8. The van der Waals surface area contributed by atoms with Gasteiger partial charge in [-0.3, -0.25) is 0 Å². The molecule has 588 valence electrons. The van der Waals surface area contributed by atoms with Crippen LogP contribution >= 0.6 is 0 Å². The Balaban J connectivity index is 1.37. The van der Waals surface area contributed by atoms with E-state index in [-0.39, 0.29) is 11.9 Å². The van der Waals surface area contributed by atoms with Gasteiger partial charge in [-0.25, -0.2) is 0 Å². The van der Waals surface area contributed by atoms with Crippen LogP contribution in [0.15, 0.2) is 60.7 Å². The lowest BCUT2D eigenvalue weighted by Gasteiger charge is -2.24. The Hall–Kier alpha value is -7.10. The van der Waals surface area contributed by atoms with E-state index in [4.69, 9.17) is 40.4 Å². The summed E-state index contributed by atoms with van der Waals surface area (Å²) >= 11 is 0. The van der Waals surface area contributed by atoms with Crippen molar-refractivity contribution in [3.63, 3.8) is 0 Å². The zero-order valence-corrected chi connectivity index (χ0v) is 67.4. The van der Waals surface area contributed by atoms with E-state index < -0.39 is 0 Å². The van der Waals surface area contributed by atoms with Gasteiger partial charge in [0.2, 0.25) is 35.7 Å². The predicted molar refractivity (Wildman–Crippen MR) is 448 cm³/mol. The van der Waals surface area contributed by atoms with E-state index >= 15 is 0 Å². The summed E-state index contributed by atoms with van der Waals surface area (Å²) in [6, 6.07) is 22.4. The lowest BCUT2D eigenvalue weighted by molar-refractivity contribution is 0.292. The third-order valence-corrected chi connectivity index (χ3v) is 20.8. The van der Waals surface area contributed by atoms with Crippen molar-refractivity contribution in [2.45, 2.75) is 350 Å². The molecule has 0 saturated heterocycles. The number of nitrogens with one attached hydrogen (secondary N) is 4. The van der Waals surface area contributed by atoms with Gasteiger partial charge in [-0.1, -0.05) is 322 Å². The SMILES string of the molecule is CCCCCCCCCCCCOc1c2cccc1Cc1cc(Nc3nc(N)nc(NCCCC)n3)cc(c1OCCCCCCCCCCCC)Cc1cccc(c1OCCCCCCCCCCCC)Cc1cc(Nc3nc(N)nc(NCCCC)n3)cc(c1OCCCCCCCCCCCC)C2. The number of nitrogens with zero attached hydrogens (tertiary/aromatic N) is 6. The standard InChI is InChI=1S/C90H144N12O4/c1-7-13-19-23-27-31-35-39-43-47-59-103-81-71-53-51-54-72(81)64-76-68-80(96-90-100-86(92)98-88(102-90)94-58-18-12-6)70-78(84(76)106-62-50-46-42-38-34-30-26-22-16-10-4)66-74-56-52-55-73(82(74)104-60-48-44-40-36-32-28-24-20-14-8-2)65-77-69-79(95-89-99-85(91)97-87(101-89)93-57-17-11-5)67-75(63-71)83(77)105-61-49-45-41-37-33-29-25-21-15-9-3/h51-56,67-70H,7-50,57-66H2,1-6H3,(H4,91,93,95,97,99,101)(H4,92,94,96,98,100,102). The molecule has 2 aromatic heterocycles. The second kappa shape index (κ2) is 53.6. The van der Waals surface area contributed by atoms with E-state index in [9.17, 15) is 0 Å². The first kappa shape index (κ1) is 86.1. The Bertz CT molecular complexity index is 3020. The van der Waals surface area contributed by atoms with Gasteiger partial charge in [0, 0.05) is 72.4 Å². The highest BCUT2D eigenvalue weighted by Gasteiger charge is 2.25. The number of aromatic nitrogens is 6. The first-order chi connectivity index (χ1) is 52.2. The number of fused-ring (bicyclic) bond motifs is 8. The highest BCUT2D eigenvalue weighted by atomic mass is 16.5. The number of rotatable bonds is 60. The Morgan fingerprint density at radius 3 is 0.726 bits per heavy atom. The van der Waals surface area contributed by atoms with Crippen LogP contribution in [0.1, 0.15) is 369 Å². The maximum atomic E-state index is 7.37. The highest BCUT2D eigenvalue weighted by molar-refractivity contribution is 5.67. The largest absolute Gasteiger partial charge is 0.493 e. The molecule has 4 aromatic carbocycles. The summed E-state index contributed by atoms with van der Waals surface area (Å²) in [5.41, 5.74) is 23.2. The topological polar surface area (TPSA) is 214 Å². The van der Waals surface area contributed by atoms with Crippen molar-refractivity contribution in [3.05, 3.63) is 105 Å². The number of para-hydroxylation sites is 2. The monoisotopic (exact) mass is 1460 g/mol. The van der Waals surface area contributed by atoms with Gasteiger partial charge in [0.1, 0.15) is 23.0 Å². The van der Waals surface area contributed by atoms with Crippen molar-refractivity contribution in [2.24, 2.45) is 0 Å². The number of anilines is 8. The fraction of sp³-hybridized carbons (Fsp3) is 0.667. The molecule has 106 heavy (non-hydrogen) atoms. The van der Waals surface area contributed by atoms with Crippen molar-refractivity contribution in [3.8, 4) is 23.0 Å². The van der Waals surface area contributed by atoms with Crippen LogP contribution in [0.2, 0.25) is 0 Å². The molecule has 16 heteroatoms. The average Bonchev–Trinajstić information content (AvgIpc) is 0.781. The normalized spacial score (nSPS) is 12.0. The zero-order chi connectivity index (χ0) is 74.7. The van der Waals surface area contributed by atoms with Crippen LogP contribution in [0.3, 0.4) is 0 Å². The maximum Gasteiger partial charge on any atom is 0.233 e. The van der Waals surface area contributed by atoms with Gasteiger partial charge < -0.3 is 51.7 Å². The molecule has 8 bridgehead atoms. The van der Waals surface area contributed by atoms with Crippen molar-refractivity contribution in [1.29, 1.82) is 0 Å². The van der Waals surface area contributed by atoms with Gasteiger partial charge in [0.25, 0.3) is 0 Å². The molecule has 7 rings (SSSR count). The van der Waals surface area contributed by atoms with Crippen molar-refractivity contribution < 1.29 is 18.9 Å². The second-order valence-electron chi connectivity index (χ2n) is 30.4. The Morgan fingerprint density at radius 1 is 0.264 bits per heavy atom. The van der Waals surface area contributed by atoms with Gasteiger partial charge in [-0.05, 0) is 85.0 Å². The van der Waals surface area contributed by atoms with Gasteiger partial charge in [-0.15, -0.1) is 0 Å². The summed E-state index contributed by atoms with van der Waals surface area (Å²) in [5.74, 6) is 5.54. The van der Waals surface area contributed by atoms with Crippen molar-refractivity contribution in [1.82, 2.24) is 29.9 Å². The van der Waals surface area contributed by atoms with Crippen molar-refractivity contribution >= 4 is 47.1 Å². The van der Waals surface area contributed by atoms with E-state index in [0.717, 1.165) is 169 Å². The number of benzene rings is 4. The number of hydrogen-bond donors (Lipinski definition) is 6. The van der Waals surface area contributed by atoms with Crippen molar-refractivity contribution in [2.75, 3.05) is 72.3 Å². The third kappa shape index (κ3) is 33.6. The molecule has 0 unspecified atom stereocenters. The summed E-state index contributed by atoms with van der Waals surface area (Å²) < 4.78 is 29.4. The molecule has 0 fully saturated rings. The van der Waals surface area contributed by atoms with Gasteiger partial charge >= 0.3 is 0 Å². The molecular weight excluding hydrogens is 1310 g/mol. The molecule has 6 aromatic rings. The quantitative estimate of drug-likeness (QED) is 0.0196. The molecule has 8 N–H and O–H groups in total. The van der Waals surface area contributed by atoms with E-state index in [1.165, 1.54) is 205 Å². The minimum absolute atomic E-state index is 0.150. The van der Waals surface area contributed by atoms with Crippen LogP contribution in [0.5, 0.6) is 23.0 Å². The van der Waals surface area contributed by atoms with Crippen LogP contribution in [-0.2, 0) is 25.7 Å². The van der Waals surface area contributed by atoms with Crippen LogP contribution in [0, 0.1) is 0 Å². The highest BCUT2D eigenvalue weighted by Crippen LogP contribution is 2.42. The predicted octanol–water partition coefficient (Wildman–Crippen LogP) is 25.0. The van der Waals surface area contributed by atoms with Crippen LogP contribution in [0.4, 0.5) is 47.1 Å². The summed E-state index contributed by atoms with van der Waals surface area (Å²) in [7, 11) is 0. The Morgan fingerprint density at radius 2 is 0.481 bits per heavy atom. The van der Waals surface area contributed by atoms with E-state index in [2.05, 4.69) is 143 Å². The number of ether oxygens (including phenoxy) is 4. The molecule has 2 heterocycles. The fourth-order valence-electron chi connectivity index (χ4n) is 14.7. The first-order valence-electron chi connectivity index (χ1n) is 43.3. The van der Waals surface area contributed by atoms with Gasteiger partial charge in [-0.2, -0.15) is 29.9 Å². The van der Waals surface area contributed by atoms with Gasteiger partial charge in [0.05, 0.1) is 26.4 Å². The summed E-state index contributed by atoms with van der Waals surface area (Å²) in [5, 5.41) is 14.1. The van der Waals surface area contributed by atoms with Crippen LogP contribution in [-0.4, -0.2) is 69.4 Å². The molecular formula is C90H144N12O4. The molecule has 0 amide bonds. The molecule has 0 atom stereocenters. The second-order valence-corrected chi connectivity index (χ2v) is 30.4. The Kier molecular flexibility index (Phi) is 43.6. The lowest BCUT2D eigenvalue weighted by atomic mass is 9.90. The molecule has 16 nitrogen and oxygen atoms in total. The fourth-order valence-corrected chi connectivity index (χ4v) is 14.7. The van der Waals surface area contributed by atoms with E-state index in [0.29, 0.717) is 75.9 Å². The minimum Gasteiger partial charge on any atom is -0.493 e. The van der Waals surface area contributed by atoms with Gasteiger partial charge in [0.15, 0.2) is 0 Å². The molecule has 1 aliphatic rings. The van der Waals surface area contributed by atoms with E-state index in [1.807, 2.05) is 0 Å². The summed E-state index contributed by atoms with van der Waals surface area (Å²) in [6.45, 7) is 17.4. The van der Waals surface area contributed by atoms with Crippen LogP contribution < -0.4 is 51.7 Å². The number of hydrogen-bond acceptors (Lipinski definition) is 16. The first-order valence-corrected chi connectivity index (χ1v) is 43.3. The lowest BCUT2D eigenvalue weighted by Crippen LogP contribution is -2.12. The summed E-state index contributed by atoms with van der Waals surface area (Å²) in [6.07, 6.45) is 56.1. The Labute approximate surface area is 642 Å². The molecule has 0 radical (unpaired) electrons. The molecule has 0 spiro atoms. The summed E-state index contributed by atoms with van der Waals surface area (Å²) in [4.78, 5) is 28.2.